The summed E-state index contributed by atoms with van der Waals surface area (Å²) in [5.74, 6) is -0.409. The van der Waals surface area contributed by atoms with E-state index in [1.165, 1.54) is 0 Å². The Hall–Kier alpha value is -3.39. The van der Waals surface area contributed by atoms with Crippen LogP contribution in [0, 0.1) is 6.57 Å². The third kappa shape index (κ3) is 3.34. The highest BCUT2D eigenvalue weighted by molar-refractivity contribution is 6.01. The summed E-state index contributed by atoms with van der Waals surface area (Å²) >= 11 is 0. The van der Waals surface area contributed by atoms with Crippen LogP contribution in [0.5, 0.6) is 0 Å². The number of pyridine rings is 1. The van der Waals surface area contributed by atoms with Gasteiger partial charge in [0.15, 0.2) is 0 Å². The number of carbonyl (C=O) groups is 1. The Morgan fingerprint density at radius 2 is 1.85 bits per heavy atom. The third-order valence-corrected chi connectivity index (χ3v) is 4.54. The molecule has 136 valence electrons. The van der Waals surface area contributed by atoms with Crippen molar-refractivity contribution in [3.05, 3.63) is 71.5 Å². The Morgan fingerprint density at radius 3 is 2.41 bits per heavy atom. The minimum Gasteiger partial charge on any atom is -0.461 e. The number of carbonyl (C=O) groups excluding carboxylic acids is 1. The van der Waals surface area contributed by atoms with Gasteiger partial charge in [-0.15, -0.1) is 0 Å². The third-order valence-electron chi connectivity index (χ3n) is 4.54. The largest absolute Gasteiger partial charge is 0.461 e. The Bertz CT molecular complexity index is 997. The van der Waals surface area contributed by atoms with Crippen molar-refractivity contribution in [3.8, 4) is 22.4 Å². The zero-order valence-corrected chi connectivity index (χ0v) is 15.7. The van der Waals surface area contributed by atoms with Crippen LogP contribution in [0.15, 0.2) is 48.7 Å². The molecule has 2 heterocycles. The zero-order chi connectivity index (χ0) is 19.4. The SMILES string of the molecule is [C-]#[N+]c1c(-c2ccc(-c3ccccn3)cc2)c(C(=O)OCC)n(C)c1CC. The molecule has 0 aliphatic heterocycles. The van der Waals surface area contributed by atoms with Gasteiger partial charge in [-0.05, 0) is 31.0 Å². The lowest BCUT2D eigenvalue weighted by atomic mass is 10.0. The van der Waals surface area contributed by atoms with E-state index in [4.69, 9.17) is 11.3 Å². The van der Waals surface area contributed by atoms with Crippen molar-refractivity contribution in [1.29, 1.82) is 0 Å². The highest BCUT2D eigenvalue weighted by atomic mass is 16.5. The Morgan fingerprint density at radius 1 is 1.15 bits per heavy atom. The van der Waals surface area contributed by atoms with Crippen LogP contribution in [0.25, 0.3) is 27.2 Å². The number of rotatable bonds is 5. The van der Waals surface area contributed by atoms with Gasteiger partial charge in [-0.25, -0.2) is 9.64 Å². The first kappa shape index (κ1) is 18.4. The maximum atomic E-state index is 12.6. The molecule has 27 heavy (non-hydrogen) atoms. The van der Waals surface area contributed by atoms with E-state index < -0.39 is 5.97 Å². The van der Waals surface area contributed by atoms with Crippen LogP contribution in [0.3, 0.4) is 0 Å². The van der Waals surface area contributed by atoms with Crippen LogP contribution >= 0.6 is 0 Å². The molecule has 1 aromatic carbocycles. The van der Waals surface area contributed by atoms with Gasteiger partial charge in [-0.2, -0.15) is 0 Å². The van der Waals surface area contributed by atoms with Gasteiger partial charge in [0.05, 0.1) is 18.9 Å². The van der Waals surface area contributed by atoms with Crippen molar-refractivity contribution in [2.24, 2.45) is 7.05 Å². The minimum atomic E-state index is -0.409. The number of aromatic nitrogens is 2. The molecular weight excluding hydrogens is 338 g/mol. The molecular formula is C22H21N3O2. The molecule has 0 saturated heterocycles. The number of benzene rings is 1. The zero-order valence-electron chi connectivity index (χ0n) is 15.7. The number of esters is 1. The van der Waals surface area contributed by atoms with Crippen LogP contribution in [-0.2, 0) is 18.2 Å². The van der Waals surface area contributed by atoms with Crippen LogP contribution in [0.4, 0.5) is 5.69 Å². The topological polar surface area (TPSA) is 48.5 Å². The number of ether oxygens (including phenoxy) is 1. The molecule has 0 unspecified atom stereocenters. The van der Waals surface area contributed by atoms with E-state index in [0.29, 0.717) is 23.4 Å². The predicted molar refractivity (Wildman–Crippen MR) is 106 cm³/mol. The van der Waals surface area contributed by atoms with Gasteiger partial charge in [0, 0.05) is 30.1 Å². The van der Waals surface area contributed by atoms with E-state index in [1.807, 2.05) is 56.4 Å². The van der Waals surface area contributed by atoms with Crippen molar-refractivity contribution in [3.63, 3.8) is 0 Å². The van der Waals surface area contributed by atoms with E-state index in [0.717, 1.165) is 22.5 Å². The molecule has 0 aliphatic rings. The van der Waals surface area contributed by atoms with Crippen molar-refractivity contribution >= 4 is 11.7 Å². The average molecular weight is 359 g/mol. The average Bonchev–Trinajstić information content (AvgIpc) is 3.00. The lowest BCUT2D eigenvalue weighted by Crippen LogP contribution is -2.12. The first-order valence-electron chi connectivity index (χ1n) is 8.90. The summed E-state index contributed by atoms with van der Waals surface area (Å²) < 4.78 is 7.03. The second kappa shape index (κ2) is 7.88. The van der Waals surface area contributed by atoms with E-state index in [1.54, 1.807) is 17.7 Å². The quantitative estimate of drug-likeness (QED) is 0.473. The summed E-state index contributed by atoms with van der Waals surface area (Å²) in [7, 11) is 1.81. The maximum absolute atomic E-state index is 12.6. The molecule has 0 aliphatic carbocycles. The smallest absolute Gasteiger partial charge is 0.354 e. The first-order chi connectivity index (χ1) is 13.1. The van der Waals surface area contributed by atoms with E-state index in [-0.39, 0.29) is 6.61 Å². The maximum Gasteiger partial charge on any atom is 0.354 e. The fourth-order valence-corrected chi connectivity index (χ4v) is 3.30. The van der Waals surface area contributed by atoms with Gasteiger partial charge in [-0.3, -0.25) is 4.98 Å². The van der Waals surface area contributed by atoms with Crippen LogP contribution in [-0.4, -0.2) is 22.1 Å². The number of nitrogens with zero attached hydrogens (tertiary/aromatic N) is 3. The molecule has 0 amide bonds. The number of hydrogen-bond acceptors (Lipinski definition) is 3. The summed E-state index contributed by atoms with van der Waals surface area (Å²) in [6.07, 6.45) is 2.41. The molecule has 0 atom stereocenters. The van der Waals surface area contributed by atoms with Gasteiger partial charge < -0.3 is 9.30 Å². The molecule has 3 aromatic rings. The van der Waals surface area contributed by atoms with Gasteiger partial charge in [-0.1, -0.05) is 37.3 Å². The van der Waals surface area contributed by atoms with E-state index >= 15 is 0 Å². The summed E-state index contributed by atoms with van der Waals surface area (Å²) in [6.45, 7) is 11.7. The van der Waals surface area contributed by atoms with Crippen molar-refractivity contribution in [2.75, 3.05) is 6.61 Å². The molecule has 5 nitrogen and oxygen atoms in total. The predicted octanol–water partition coefficient (Wildman–Crippen LogP) is 5.04. The summed E-state index contributed by atoms with van der Waals surface area (Å²) in [6, 6.07) is 13.5. The fourth-order valence-electron chi connectivity index (χ4n) is 3.30. The highest BCUT2D eigenvalue weighted by Crippen LogP contribution is 2.40. The summed E-state index contributed by atoms with van der Waals surface area (Å²) in [4.78, 5) is 20.7. The second-order valence-electron chi connectivity index (χ2n) is 6.06. The lowest BCUT2D eigenvalue weighted by Gasteiger charge is -2.09. The van der Waals surface area contributed by atoms with Gasteiger partial charge in [0.25, 0.3) is 0 Å². The standard InChI is InChI=1S/C22H21N3O2/c1-5-18-20(23-3)19(21(25(18)4)22(26)27-6-2)16-12-10-15(11-13-16)17-9-7-8-14-24-17/h7-14H,5-6H2,1-2,4H3. The minimum absolute atomic E-state index is 0.289. The molecule has 2 aromatic heterocycles. The van der Waals surface area contributed by atoms with Crippen molar-refractivity contribution in [2.45, 2.75) is 20.3 Å². The Balaban J connectivity index is 2.15. The Kier molecular flexibility index (Phi) is 5.37. The summed E-state index contributed by atoms with van der Waals surface area (Å²) in [5.41, 5.74) is 5.07. The number of hydrogen-bond donors (Lipinski definition) is 0. The molecule has 0 radical (unpaired) electrons. The molecule has 3 rings (SSSR count). The van der Waals surface area contributed by atoms with Crippen molar-refractivity contribution in [1.82, 2.24) is 9.55 Å². The van der Waals surface area contributed by atoms with Gasteiger partial charge in [0.1, 0.15) is 5.69 Å². The lowest BCUT2D eigenvalue weighted by molar-refractivity contribution is 0.0516. The van der Waals surface area contributed by atoms with E-state index in [2.05, 4.69) is 9.83 Å². The van der Waals surface area contributed by atoms with E-state index in [9.17, 15) is 4.79 Å². The normalized spacial score (nSPS) is 10.4. The summed E-state index contributed by atoms with van der Waals surface area (Å²) in [5, 5.41) is 0. The molecule has 0 saturated carbocycles. The van der Waals surface area contributed by atoms with Gasteiger partial charge >= 0.3 is 5.97 Å². The van der Waals surface area contributed by atoms with Crippen LogP contribution in [0.2, 0.25) is 0 Å². The van der Waals surface area contributed by atoms with Crippen LogP contribution < -0.4 is 0 Å². The monoisotopic (exact) mass is 359 g/mol. The molecule has 0 fully saturated rings. The molecule has 0 N–H and O–H groups in total. The highest BCUT2D eigenvalue weighted by Gasteiger charge is 2.26. The molecule has 0 spiro atoms. The fraction of sp³-hybridized carbons (Fsp3) is 0.227. The molecule has 5 heteroatoms. The molecule has 0 bridgehead atoms. The van der Waals surface area contributed by atoms with Crippen molar-refractivity contribution < 1.29 is 9.53 Å². The Labute approximate surface area is 159 Å². The first-order valence-corrected chi connectivity index (χ1v) is 8.90. The van der Waals surface area contributed by atoms with Gasteiger partial charge in [0.2, 0.25) is 5.69 Å². The van der Waals surface area contributed by atoms with Crippen LogP contribution in [0.1, 0.15) is 30.0 Å². The second-order valence-corrected chi connectivity index (χ2v) is 6.06.